The van der Waals surface area contributed by atoms with Crippen molar-refractivity contribution >= 4 is 0 Å². The standard InChI is InChI=1S/C17H34O3/c1-6-10-15(5)19-14-17(8-3,9-4)20-13-16(7-2)11-18-12-16/h15H,6-14H2,1-5H3. The molecule has 120 valence electrons. The van der Waals surface area contributed by atoms with Crippen molar-refractivity contribution in [3.8, 4) is 0 Å². The molecule has 0 saturated carbocycles. The maximum Gasteiger partial charge on any atom is 0.0910 e. The lowest BCUT2D eigenvalue weighted by Gasteiger charge is -2.44. The van der Waals surface area contributed by atoms with E-state index < -0.39 is 0 Å². The monoisotopic (exact) mass is 286 g/mol. The zero-order valence-electron chi connectivity index (χ0n) is 14.2. The maximum absolute atomic E-state index is 6.35. The van der Waals surface area contributed by atoms with Gasteiger partial charge in [0.1, 0.15) is 0 Å². The first-order chi connectivity index (χ1) is 9.55. The summed E-state index contributed by atoms with van der Waals surface area (Å²) in [5.74, 6) is 0. The lowest BCUT2D eigenvalue weighted by molar-refractivity contribution is -0.196. The molecule has 0 aromatic rings. The summed E-state index contributed by atoms with van der Waals surface area (Å²) < 4.78 is 17.8. The predicted octanol–water partition coefficient (Wildman–Crippen LogP) is 4.19. The molecular formula is C17H34O3. The molecule has 1 atom stereocenters. The minimum atomic E-state index is -0.125. The molecule has 0 amide bonds. The third-order valence-electron chi connectivity index (χ3n) is 4.87. The van der Waals surface area contributed by atoms with E-state index in [1.54, 1.807) is 0 Å². The zero-order valence-corrected chi connectivity index (χ0v) is 14.2. The SMILES string of the molecule is CCCC(C)OCC(CC)(CC)OCC1(CC)COC1. The van der Waals surface area contributed by atoms with Crippen molar-refractivity contribution < 1.29 is 14.2 Å². The lowest BCUT2D eigenvalue weighted by Crippen LogP contribution is -2.49. The van der Waals surface area contributed by atoms with Gasteiger partial charge in [-0.05, 0) is 32.6 Å². The molecule has 1 unspecified atom stereocenters. The molecule has 0 aromatic carbocycles. The van der Waals surface area contributed by atoms with Crippen LogP contribution in [0.15, 0.2) is 0 Å². The Bertz CT molecular complexity index is 251. The van der Waals surface area contributed by atoms with E-state index in [0.717, 1.165) is 45.5 Å². The molecule has 20 heavy (non-hydrogen) atoms. The van der Waals surface area contributed by atoms with Gasteiger partial charge in [0.25, 0.3) is 0 Å². The van der Waals surface area contributed by atoms with E-state index in [9.17, 15) is 0 Å². The van der Waals surface area contributed by atoms with Crippen LogP contribution in [0.4, 0.5) is 0 Å². The second-order valence-electron chi connectivity index (χ2n) is 6.44. The van der Waals surface area contributed by atoms with E-state index in [4.69, 9.17) is 14.2 Å². The Hall–Kier alpha value is -0.120. The largest absolute Gasteiger partial charge is 0.380 e. The van der Waals surface area contributed by atoms with Crippen molar-refractivity contribution in [2.24, 2.45) is 5.41 Å². The summed E-state index contributed by atoms with van der Waals surface area (Å²) in [5.41, 5.74) is 0.129. The predicted molar refractivity (Wildman–Crippen MR) is 83.1 cm³/mol. The third-order valence-corrected chi connectivity index (χ3v) is 4.87. The maximum atomic E-state index is 6.35. The van der Waals surface area contributed by atoms with Gasteiger partial charge >= 0.3 is 0 Å². The third kappa shape index (κ3) is 4.71. The van der Waals surface area contributed by atoms with E-state index in [1.807, 2.05) is 0 Å². The van der Waals surface area contributed by atoms with Crippen LogP contribution in [-0.4, -0.2) is 38.1 Å². The first kappa shape index (κ1) is 17.9. The van der Waals surface area contributed by atoms with Crippen LogP contribution in [0.25, 0.3) is 0 Å². The van der Waals surface area contributed by atoms with Crippen molar-refractivity contribution in [2.75, 3.05) is 26.4 Å². The van der Waals surface area contributed by atoms with Gasteiger partial charge < -0.3 is 14.2 Å². The summed E-state index contributed by atoms with van der Waals surface area (Å²) in [6.07, 6.45) is 5.75. The molecule has 0 spiro atoms. The van der Waals surface area contributed by atoms with E-state index in [-0.39, 0.29) is 11.0 Å². The molecule has 0 N–H and O–H groups in total. The van der Waals surface area contributed by atoms with Crippen molar-refractivity contribution in [1.29, 1.82) is 0 Å². The Morgan fingerprint density at radius 1 is 1.15 bits per heavy atom. The summed E-state index contributed by atoms with van der Waals surface area (Å²) in [6.45, 7) is 14.2. The van der Waals surface area contributed by atoms with Crippen LogP contribution in [0.2, 0.25) is 0 Å². The molecule has 1 aliphatic heterocycles. The average Bonchev–Trinajstić information content (AvgIpc) is 2.42. The molecule has 1 rings (SSSR count). The van der Waals surface area contributed by atoms with Crippen molar-refractivity contribution in [1.82, 2.24) is 0 Å². The fraction of sp³-hybridized carbons (Fsp3) is 1.00. The molecule has 1 aliphatic rings. The smallest absolute Gasteiger partial charge is 0.0910 e. The minimum absolute atomic E-state index is 0.125. The molecule has 0 aromatic heterocycles. The van der Waals surface area contributed by atoms with Crippen LogP contribution in [0, 0.1) is 5.41 Å². The number of hydrogen-bond donors (Lipinski definition) is 0. The van der Waals surface area contributed by atoms with Crippen molar-refractivity contribution in [3.05, 3.63) is 0 Å². The van der Waals surface area contributed by atoms with Crippen LogP contribution >= 0.6 is 0 Å². The highest BCUT2D eigenvalue weighted by Crippen LogP contribution is 2.34. The molecular weight excluding hydrogens is 252 g/mol. The Kier molecular flexibility index (Phi) is 7.49. The summed E-state index contributed by atoms with van der Waals surface area (Å²) >= 11 is 0. The topological polar surface area (TPSA) is 27.7 Å². The first-order valence-corrected chi connectivity index (χ1v) is 8.38. The zero-order chi connectivity index (χ0) is 15.1. The van der Waals surface area contributed by atoms with Crippen molar-refractivity contribution in [2.45, 2.75) is 78.4 Å². The molecule has 0 bridgehead atoms. The molecule has 0 aliphatic carbocycles. The van der Waals surface area contributed by atoms with Crippen LogP contribution in [0.5, 0.6) is 0 Å². The molecule has 3 heteroatoms. The number of hydrogen-bond acceptors (Lipinski definition) is 3. The van der Waals surface area contributed by atoms with Crippen LogP contribution in [-0.2, 0) is 14.2 Å². The summed E-state index contributed by atoms with van der Waals surface area (Å²) in [5, 5.41) is 0. The van der Waals surface area contributed by atoms with E-state index in [0.29, 0.717) is 12.7 Å². The Morgan fingerprint density at radius 3 is 2.20 bits per heavy atom. The Morgan fingerprint density at radius 2 is 1.80 bits per heavy atom. The van der Waals surface area contributed by atoms with Crippen LogP contribution in [0.3, 0.4) is 0 Å². The molecule has 3 nitrogen and oxygen atoms in total. The fourth-order valence-electron chi connectivity index (χ4n) is 2.57. The van der Waals surface area contributed by atoms with Gasteiger partial charge in [-0.2, -0.15) is 0 Å². The van der Waals surface area contributed by atoms with Crippen LogP contribution in [0.1, 0.15) is 66.7 Å². The highest BCUT2D eigenvalue weighted by Gasteiger charge is 2.40. The van der Waals surface area contributed by atoms with Gasteiger partial charge in [-0.25, -0.2) is 0 Å². The fourth-order valence-corrected chi connectivity index (χ4v) is 2.57. The molecule has 1 heterocycles. The van der Waals surface area contributed by atoms with Crippen molar-refractivity contribution in [3.63, 3.8) is 0 Å². The molecule has 1 saturated heterocycles. The Labute approximate surface area is 125 Å². The first-order valence-electron chi connectivity index (χ1n) is 8.38. The van der Waals surface area contributed by atoms with Crippen LogP contribution < -0.4 is 0 Å². The van der Waals surface area contributed by atoms with E-state index >= 15 is 0 Å². The number of ether oxygens (including phenoxy) is 3. The van der Waals surface area contributed by atoms with E-state index in [2.05, 4.69) is 34.6 Å². The summed E-state index contributed by atoms with van der Waals surface area (Å²) in [4.78, 5) is 0. The number of rotatable bonds is 11. The molecule has 1 fully saturated rings. The van der Waals surface area contributed by atoms with Gasteiger partial charge in [-0.15, -0.1) is 0 Å². The average molecular weight is 286 g/mol. The van der Waals surface area contributed by atoms with Gasteiger partial charge in [-0.3, -0.25) is 0 Å². The van der Waals surface area contributed by atoms with Gasteiger partial charge in [0.2, 0.25) is 0 Å². The van der Waals surface area contributed by atoms with Gasteiger partial charge in [0.15, 0.2) is 0 Å². The summed E-state index contributed by atoms with van der Waals surface area (Å²) in [6, 6.07) is 0. The highest BCUT2D eigenvalue weighted by atomic mass is 16.6. The van der Waals surface area contributed by atoms with Gasteiger partial charge in [-0.1, -0.05) is 34.1 Å². The second kappa shape index (κ2) is 8.35. The molecule has 0 radical (unpaired) electrons. The second-order valence-corrected chi connectivity index (χ2v) is 6.44. The lowest BCUT2D eigenvalue weighted by atomic mass is 9.84. The minimum Gasteiger partial charge on any atom is -0.380 e. The van der Waals surface area contributed by atoms with E-state index in [1.165, 1.54) is 6.42 Å². The summed E-state index contributed by atoms with van der Waals surface area (Å²) in [7, 11) is 0. The van der Waals surface area contributed by atoms with Gasteiger partial charge in [0.05, 0.1) is 38.1 Å². The quantitative estimate of drug-likeness (QED) is 0.570. The Balaban J connectivity index is 2.48. The van der Waals surface area contributed by atoms with Gasteiger partial charge in [0, 0.05) is 5.41 Å². The normalized spacial score (nSPS) is 19.6. The highest BCUT2D eigenvalue weighted by molar-refractivity contribution is 4.87.